The summed E-state index contributed by atoms with van der Waals surface area (Å²) >= 11 is 0. The number of fused-ring (bicyclic) bond motifs is 1. The van der Waals surface area contributed by atoms with Crippen molar-refractivity contribution in [2.45, 2.75) is 0 Å². The van der Waals surface area contributed by atoms with Crippen LogP contribution in [0.5, 0.6) is 0 Å². The van der Waals surface area contributed by atoms with Crippen LogP contribution in [0.4, 0.5) is 5.95 Å². The number of anilines is 1. The lowest BCUT2D eigenvalue weighted by molar-refractivity contribution is 1.18. The van der Waals surface area contributed by atoms with Gasteiger partial charge in [-0.2, -0.15) is 4.98 Å². The zero-order valence-electron chi connectivity index (χ0n) is 5.46. The van der Waals surface area contributed by atoms with Gasteiger partial charge in [0.05, 0.1) is 0 Å². The lowest BCUT2D eigenvalue weighted by atomic mass is 10.6. The number of hydrogen-bond donors (Lipinski definition) is 3. The Bertz CT molecular complexity index is 445. The van der Waals surface area contributed by atoms with Gasteiger partial charge in [-0.25, -0.2) is 0 Å². The van der Waals surface area contributed by atoms with Crippen molar-refractivity contribution in [1.29, 1.82) is 0 Å². The van der Waals surface area contributed by atoms with Gasteiger partial charge in [0.2, 0.25) is 5.95 Å². The molecule has 0 fully saturated rings. The molecule has 4 N–H and O–H groups in total. The summed E-state index contributed by atoms with van der Waals surface area (Å²) in [5.74, 6) is 1.89. The van der Waals surface area contributed by atoms with Crippen LogP contribution < -0.4 is 11.3 Å². The monoisotopic (exact) mass is 168 g/mol. The van der Waals surface area contributed by atoms with E-state index in [1.54, 1.807) is 5.93 Å². The van der Waals surface area contributed by atoms with Gasteiger partial charge in [0.15, 0.2) is 5.65 Å². The SMILES string of the molecule is Nc1nc2[nH]cpc2c(=O)[nH]1. The molecule has 0 amide bonds. The number of nitrogens with zero attached hydrogens (tertiary/aromatic N) is 1. The number of nitrogen functional groups attached to an aromatic ring is 1. The number of H-pyrrole nitrogens is 2. The minimum atomic E-state index is -0.171. The summed E-state index contributed by atoms with van der Waals surface area (Å²) in [7, 11) is 0.841. The Morgan fingerprint density at radius 3 is 3.27 bits per heavy atom. The van der Waals surface area contributed by atoms with E-state index in [-0.39, 0.29) is 11.5 Å². The molecule has 0 bridgehead atoms. The summed E-state index contributed by atoms with van der Waals surface area (Å²) in [5, 5.41) is 0.624. The van der Waals surface area contributed by atoms with Crippen LogP contribution in [0.1, 0.15) is 0 Å². The van der Waals surface area contributed by atoms with Crippen molar-refractivity contribution in [2.24, 2.45) is 0 Å². The molecule has 56 valence electrons. The van der Waals surface area contributed by atoms with Crippen molar-refractivity contribution < 1.29 is 0 Å². The molecule has 0 atom stereocenters. The van der Waals surface area contributed by atoms with Gasteiger partial charge in [-0.3, -0.25) is 9.78 Å². The van der Waals surface area contributed by atoms with Crippen LogP contribution in [0.2, 0.25) is 0 Å². The quantitative estimate of drug-likeness (QED) is 0.532. The second-order valence-corrected chi connectivity index (χ2v) is 3.01. The smallest absolute Gasteiger partial charge is 0.266 e. The third-order valence-electron chi connectivity index (χ3n) is 1.31. The molecular formula is C5H5N4OP. The first-order valence-electron chi connectivity index (χ1n) is 2.96. The largest absolute Gasteiger partial charge is 0.369 e. The number of aromatic amines is 2. The van der Waals surface area contributed by atoms with Crippen LogP contribution in [0.25, 0.3) is 10.8 Å². The molecule has 0 radical (unpaired) electrons. The molecule has 5 nitrogen and oxygen atoms in total. The van der Waals surface area contributed by atoms with Gasteiger partial charge < -0.3 is 10.7 Å². The van der Waals surface area contributed by atoms with Crippen molar-refractivity contribution in [1.82, 2.24) is 15.0 Å². The Hall–Kier alpha value is -1.35. The summed E-state index contributed by atoms with van der Waals surface area (Å²) in [5.41, 5.74) is 5.70. The van der Waals surface area contributed by atoms with E-state index in [9.17, 15) is 4.79 Å². The van der Waals surface area contributed by atoms with E-state index in [1.165, 1.54) is 0 Å². The van der Waals surface area contributed by atoms with E-state index in [2.05, 4.69) is 15.0 Å². The highest BCUT2D eigenvalue weighted by atomic mass is 31.0. The van der Waals surface area contributed by atoms with Crippen molar-refractivity contribution >= 4 is 24.9 Å². The molecule has 2 heterocycles. The Morgan fingerprint density at radius 2 is 2.45 bits per heavy atom. The highest BCUT2D eigenvalue weighted by Crippen LogP contribution is 2.15. The van der Waals surface area contributed by atoms with Gasteiger partial charge in [0, 0.05) is 5.93 Å². The summed E-state index contributed by atoms with van der Waals surface area (Å²) in [6.45, 7) is 0. The molecule has 0 aromatic carbocycles. The molecular weight excluding hydrogens is 163 g/mol. The van der Waals surface area contributed by atoms with Crippen LogP contribution in [0.3, 0.4) is 0 Å². The maximum Gasteiger partial charge on any atom is 0.266 e. The molecule has 0 aliphatic heterocycles. The maximum absolute atomic E-state index is 11.1. The molecule has 0 saturated carbocycles. The second-order valence-electron chi connectivity index (χ2n) is 2.05. The first-order chi connectivity index (χ1) is 5.27. The van der Waals surface area contributed by atoms with Gasteiger partial charge in [-0.05, 0) is 8.19 Å². The molecule has 2 aromatic rings. The summed E-state index contributed by atoms with van der Waals surface area (Å²) < 4.78 is 0. The number of aromatic nitrogens is 3. The molecule has 0 saturated heterocycles. The van der Waals surface area contributed by atoms with E-state index in [0.29, 0.717) is 10.8 Å². The van der Waals surface area contributed by atoms with Gasteiger partial charge in [-0.1, -0.05) is 0 Å². The Kier molecular flexibility index (Phi) is 1.20. The maximum atomic E-state index is 11.1. The van der Waals surface area contributed by atoms with Crippen molar-refractivity contribution in [3.05, 3.63) is 16.3 Å². The average molecular weight is 168 g/mol. The molecule has 0 spiro atoms. The van der Waals surface area contributed by atoms with Crippen molar-refractivity contribution in [2.75, 3.05) is 5.73 Å². The van der Waals surface area contributed by atoms with Gasteiger partial charge in [-0.15, -0.1) is 0 Å². The van der Waals surface area contributed by atoms with Crippen LogP contribution in [-0.4, -0.2) is 15.0 Å². The highest BCUT2D eigenvalue weighted by Gasteiger charge is 2.00. The first-order valence-corrected chi connectivity index (χ1v) is 3.92. The van der Waals surface area contributed by atoms with Crippen molar-refractivity contribution in [3.8, 4) is 0 Å². The van der Waals surface area contributed by atoms with E-state index < -0.39 is 0 Å². The Labute approximate surface area is 62.8 Å². The normalized spacial score (nSPS) is 11.3. The zero-order valence-corrected chi connectivity index (χ0v) is 6.35. The molecule has 2 aromatic heterocycles. The van der Waals surface area contributed by atoms with Crippen LogP contribution in [0, 0.1) is 0 Å². The Morgan fingerprint density at radius 1 is 1.64 bits per heavy atom. The van der Waals surface area contributed by atoms with Crippen LogP contribution in [-0.2, 0) is 0 Å². The zero-order chi connectivity index (χ0) is 7.84. The van der Waals surface area contributed by atoms with Gasteiger partial charge >= 0.3 is 0 Å². The summed E-state index contributed by atoms with van der Waals surface area (Å²) in [6.07, 6.45) is 0. The van der Waals surface area contributed by atoms with E-state index >= 15 is 0 Å². The molecule has 6 heteroatoms. The molecule has 0 aliphatic rings. The summed E-state index contributed by atoms with van der Waals surface area (Å²) in [4.78, 5) is 20.2. The molecule has 0 unspecified atom stereocenters. The fourth-order valence-corrected chi connectivity index (χ4v) is 1.59. The van der Waals surface area contributed by atoms with Crippen molar-refractivity contribution in [3.63, 3.8) is 0 Å². The van der Waals surface area contributed by atoms with Crippen LogP contribution in [0.15, 0.2) is 10.7 Å². The lowest BCUT2D eigenvalue weighted by Gasteiger charge is -1.89. The Balaban J connectivity index is 3.02. The van der Waals surface area contributed by atoms with Gasteiger partial charge in [0.25, 0.3) is 5.56 Å². The standard InChI is InChI=1S/C5H5N4OP/c6-5-8-3-2(4(10)9-5)11-1-7-3/h1H,(H4,6,7,8,9,10). The number of nitrogens with two attached hydrogens (primary N) is 1. The fourth-order valence-electron chi connectivity index (χ4n) is 0.863. The predicted octanol–water partition coefficient (Wildman–Crippen LogP) is 0.413. The minimum absolute atomic E-state index is 0.145. The number of rotatable bonds is 0. The van der Waals surface area contributed by atoms with E-state index in [1.807, 2.05) is 0 Å². The molecule has 0 aliphatic carbocycles. The predicted molar refractivity (Wildman–Crippen MR) is 43.6 cm³/mol. The van der Waals surface area contributed by atoms with E-state index in [0.717, 1.165) is 8.19 Å². The minimum Gasteiger partial charge on any atom is -0.369 e. The topological polar surface area (TPSA) is 87.6 Å². The van der Waals surface area contributed by atoms with Crippen LogP contribution >= 0.6 is 8.19 Å². The lowest BCUT2D eigenvalue weighted by Crippen LogP contribution is -2.09. The number of hydrogen-bond acceptors (Lipinski definition) is 3. The molecule has 11 heavy (non-hydrogen) atoms. The second kappa shape index (κ2) is 2.07. The average Bonchev–Trinajstić information content (AvgIpc) is 2.34. The molecule has 2 rings (SSSR count). The van der Waals surface area contributed by atoms with E-state index in [4.69, 9.17) is 5.73 Å². The summed E-state index contributed by atoms with van der Waals surface area (Å²) in [6, 6.07) is 0. The number of nitrogens with one attached hydrogen (secondary N) is 2. The third-order valence-corrected chi connectivity index (χ3v) is 2.24. The fraction of sp³-hybridized carbons (Fsp3) is 0. The first kappa shape index (κ1) is 6.37. The highest BCUT2D eigenvalue weighted by molar-refractivity contribution is 7.36. The van der Waals surface area contributed by atoms with Gasteiger partial charge in [0.1, 0.15) is 5.12 Å². The third kappa shape index (κ3) is 0.897.